The van der Waals surface area contributed by atoms with Crippen LogP contribution in [-0.4, -0.2) is 64.5 Å². The van der Waals surface area contributed by atoms with Gasteiger partial charge in [-0.1, -0.05) is 23.4 Å². The fraction of sp³-hybridized carbons (Fsp3) is 0.259. The summed E-state index contributed by atoms with van der Waals surface area (Å²) in [5.74, 6) is 0.868. The number of nitrogens with zero attached hydrogens (tertiary/aromatic N) is 5. The standard InChI is InChI=1S/C27H25N5O3S/c1-3-24(36-14-1)26-25(21-17-29-35-18-21)31-27-23(30-26)15-20(16-28-27)19-4-6-22(7-5-19)34-11-2-8-32-9-12-33-13-10-32/h1,3-7,14-18H,2,8-13H2. The van der Waals surface area contributed by atoms with E-state index in [1.807, 2.05) is 41.9 Å². The van der Waals surface area contributed by atoms with Crippen LogP contribution >= 0.6 is 11.3 Å². The highest BCUT2D eigenvalue weighted by atomic mass is 32.1. The number of hydrogen-bond donors (Lipinski definition) is 0. The molecule has 6 rings (SSSR count). The van der Waals surface area contributed by atoms with Crippen LogP contribution in [0.25, 0.3) is 44.1 Å². The minimum atomic E-state index is 0.579. The van der Waals surface area contributed by atoms with E-state index in [-0.39, 0.29) is 0 Å². The lowest BCUT2D eigenvalue weighted by molar-refractivity contribution is 0.0358. The van der Waals surface area contributed by atoms with Gasteiger partial charge in [0, 0.05) is 31.4 Å². The summed E-state index contributed by atoms with van der Waals surface area (Å²) >= 11 is 1.62. The Morgan fingerprint density at radius 1 is 0.944 bits per heavy atom. The maximum Gasteiger partial charge on any atom is 0.178 e. The minimum absolute atomic E-state index is 0.579. The Labute approximate surface area is 212 Å². The van der Waals surface area contributed by atoms with E-state index in [1.165, 1.54) is 0 Å². The summed E-state index contributed by atoms with van der Waals surface area (Å²) in [5.41, 5.74) is 5.62. The van der Waals surface area contributed by atoms with Gasteiger partial charge in [-0.25, -0.2) is 15.0 Å². The van der Waals surface area contributed by atoms with Crippen LogP contribution in [0.15, 0.2) is 71.0 Å². The van der Waals surface area contributed by atoms with Crippen LogP contribution in [0.2, 0.25) is 0 Å². The first-order valence-corrected chi connectivity index (χ1v) is 12.9. The molecule has 8 nitrogen and oxygen atoms in total. The molecule has 0 spiro atoms. The Bertz CT molecular complexity index is 1420. The predicted molar refractivity (Wildman–Crippen MR) is 139 cm³/mol. The number of fused-ring (bicyclic) bond motifs is 1. The number of aromatic nitrogens is 4. The van der Waals surface area contributed by atoms with Crippen LogP contribution in [0, 0.1) is 0 Å². The molecule has 0 aliphatic carbocycles. The molecular formula is C27H25N5O3S. The normalized spacial score (nSPS) is 14.3. The highest BCUT2D eigenvalue weighted by molar-refractivity contribution is 7.13. The lowest BCUT2D eigenvalue weighted by Gasteiger charge is -2.26. The average Bonchev–Trinajstić information content (AvgIpc) is 3.66. The van der Waals surface area contributed by atoms with E-state index >= 15 is 0 Å². The van der Waals surface area contributed by atoms with Crippen molar-refractivity contribution in [2.24, 2.45) is 0 Å². The van der Waals surface area contributed by atoms with Crippen LogP contribution in [-0.2, 0) is 4.74 Å². The van der Waals surface area contributed by atoms with Crippen molar-refractivity contribution >= 4 is 22.5 Å². The van der Waals surface area contributed by atoms with E-state index < -0.39 is 0 Å². The Balaban J connectivity index is 1.19. The molecule has 1 aliphatic rings. The zero-order valence-electron chi connectivity index (χ0n) is 19.7. The van der Waals surface area contributed by atoms with Crippen molar-refractivity contribution in [2.75, 3.05) is 39.5 Å². The van der Waals surface area contributed by atoms with Gasteiger partial charge in [-0.05, 0) is 41.6 Å². The molecule has 9 heteroatoms. The Hall–Kier alpha value is -3.66. The third kappa shape index (κ3) is 4.99. The summed E-state index contributed by atoms with van der Waals surface area (Å²) in [6, 6.07) is 14.2. The van der Waals surface area contributed by atoms with Crippen LogP contribution in [0.1, 0.15) is 6.42 Å². The van der Waals surface area contributed by atoms with Gasteiger partial charge in [-0.15, -0.1) is 11.3 Å². The second kappa shape index (κ2) is 10.5. The summed E-state index contributed by atoms with van der Waals surface area (Å²) in [7, 11) is 0. The molecule has 0 saturated carbocycles. The summed E-state index contributed by atoms with van der Waals surface area (Å²) in [4.78, 5) is 17.8. The van der Waals surface area contributed by atoms with Crippen LogP contribution in [0.5, 0.6) is 5.75 Å². The van der Waals surface area contributed by atoms with E-state index in [9.17, 15) is 0 Å². The van der Waals surface area contributed by atoms with Gasteiger partial charge >= 0.3 is 0 Å². The molecule has 0 unspecified atom stereocenters. The van der Waals surface area contributed by atoms with Gasteiger partial charge in [0.05, 0.1) is 36.5 Å². The van der Waals surface area contributed by atoms with Gasteiger partial charge in [-0.3, -0.25) is 4.90 Å². The fourth-order valence-corrected chi connectivity index (χ4v) is 4.97. The number of hydrogen-bond acceptors (Lipinski definition) is 9. The number of ether oxygens (including phenoxy) is 2. The van der Waals surface area contributed by atoms with Crippen molar-refractivity contribution in [3.8, 4) is 38.7 Å². The molecule has 0 amide bonds. The summed E-state index contributed by atoms with van der Waals surface area (Å²) in [6.07, 6.45) is 6.05. The first-order chi connectivity index (χ1) is 17.8. The topological polar surface area (TPSA) is 86.4 Å². The Morgan fingerprint density at radius 2 is 1.83 bits per heavy atom. The van der Waals surface area contributed by atoms with Crippen LogP contribution < -0.4 is 4.74 Å². The maximum absolute atomic E-state index is 5.96. The van der Waals surface area contributed by atoms with Gasteiger partial charge in [0.1, 0.15) is 28.9 Å². The monoisotopic (exact) mass is 499 g/mol. The number of benzene rings is 1. The largest absolute Gasteiger partial charge is 0.494 e. The van der Waals surface area contributed by atoms with E-state index in [0.29, 0.717) is 17.9 Å². The summed E-state index contributed by atoms with van der Waals surface area (Å²) in [5, 5.41) is 5.86. The smallest absolute Gasteiger partial charge is 0.178 e. The van der Waals surface area contributed by atoms with Crippen molar-refractivity contribution in [2.45, 2.75) is 6.42 Å². The van der Waals surface area contributed by atoms with E-state index in [0.717, 1.165) is 77.8 Å². The number of rotatable bonds is 8. The Kier molecular flexibility index (Phi) is 6.66. The molecule has 0 atom stereocenters. The molecule has 1 fully saturated rings. The number of morpholine rings is 1. The van der Waals surface area contributed by atoms with Gasteiger partial charge < -0.3 is 14.0 Å². The minimum Gasteiger partial charge on any atom is -0.494 e. The van der Waals surface area contributed by atoms with Crippen LogP contribution in [0.3, 0.4) is 0 Å². The molecule has 5 heterocycles. The predicted octanol–water partition coefficient (Wildman–Crippen LogP) is 5.18. The second-order valence-electron chi connectivity index (χ2n) is 8.56. The van der Waals surface area contributed by atoms with Gasteiger partial charge in [0.15, 0.2) is 5.65 Å². The van der Waals surface area contributed by atoms with Crippen molar-refractivity contribution in [3.63, 3.8) is 0 Å². The highest BCUT2D eigenvalue weighted by Crippen LogP contribution is 2.34. The molecule has 1 aliphatic heterocycles. The highest BCUT2D eigenvalue weighted by Gasteiger charge is 2.16. The molecular weight excluding hydrogens is 474 g/mol. The lowest BCUT2D eigenvalue weighted by atomic mass is 10.1. The van der Waals surface area contributed by atoms with Gasteiger partial charge in [0.25, 0.3) is 0 Å². The average molecular weight is 500 g/mol. The van der Waals surface area contributed by atoms with E-state index in [4.69, 9.17) is 24.0 Å². The van der Waals surface area contributed by atoms with Crippen molar-refractivity contribution < 1.29 is 14.0 Å². The van der Waals surface area contributed by atoms with Crippen molar-refractivity contribution in [1.29, 1.82) is 0 Å². The zero-order valence-corrected chi connectivity index (χ0v) is 20.5. The molecule has 1 saturated heterocycles. The van der Waals surface area contributed by atoms with Gasteiger partial charge in [0.2, 0.25) is 0 Å². The van der Waals surface area contributed by atoms with Crippen LogP contribution in [0.4, 0.5) is 0 Å². The second-order valence-corrected chi connectivity index (χ2v) is 9.51. The molecule has 0 N–H and O–H groups in total. The quantitative estimate of drug-likeness (QED) is 0.270. The van der Waals surface area contributed by atoms with E-state index in [2.05, 4.69) is 27.2 Å². The molecule has 182 valence electrons. The van der Waals surface area contributed by atoms with Gasteiger partial charge in [-0.2, -0.15) is 0 Å². The maximum atomic E-state index is 5.96. The SMILES string of the molecule is c1csc(-c2nc3cc(-c4ccc(OCCCN5CCOCC5)cc4)cnc3nc2-c2cnoc2)c1. The molecule has 5 aromatic rings. The molecule has 36 heavy (non-hydrogen) atoms. The zero-order chi connectivity index (χ0) is 24.2. The molecule has 0 radical (unpaired) electrons. The third-order valence-corrected chi connectivity index (χ3v) is 7.04. The summed E-state index contributed by atoms with van der Waals surface area (Å²) in [6.45, 7) is 5.41. The van der Waals surface area contributed by atoms with Crippen molar-refractivity contribution in [3.05, 3.63) is 66.5 Å². The first kappa shape index (κ1) is 22.8. The van der Waals surface area contributed by atoms with Crippen molar-refractivity contribution in [1.82, 2.24) is 25.0 Å². The molecule has 4 aromatic heterocycles. The van der Waals surface area contributed by atoms with E-state index in [1.54, 1.807) is 23.8 Å². The molecule has 0 bridgehead atoms. The number of pyridine rings is 1. The lowest BCUT2D eigenvalue weighted by Crippen LogP contribution is -2.37. The number of thiophene rings is 1. The third-order valence-electron chi connectivity index (χ3n) is 6.16. The first-order valence-electron chi connectivity index (χ1n) is 12.0. The summed E-state index contributed by atoms with van der Waals surface area (Å²) < 4.78 is 16.4. The molecule has 1 aromatic carbocycles. The fourth-order valence-electron chi connectivity index (χ4n) is 4.26. The Morgan fingerprint density at radius 3 is 2.61 bits per heavy atom.